The lowest BCUT2D eigenvalue weighted by Crippen LogP contribution is -2.53. The Hall–Kier alpha value is -13.1. The molecule has 8 rings (SSSR count). The van der Waals surface area contributed by atoms with Gasteiger partial charge in [-0.2, -0.15) is 0 Å². The van der Waals surface area contributed by atoms with Crippen LogP contribution in [0.5, 0.6) is 0 Å². The van der Waals surface area contributed by atoms with Gasteiger partial charge in [0, 0.05) is 139 Å². The van der Waals surface area contributed by atoms with Crippen LogP contribution in [0.2, 0.25) is 0 Å². The number of aromatic nitrogens is 2. The third kappa shape index (κ3) is 24.0. The van der Waals surface area contributed by atoms with Crippen LogP contribution < -0.4 is 26.8 Å². The molecule has 0 radical (unpaired) electrons. The molecule has 670 valence electrons. The summed E-state index contributed by atoms with van der Waals surface area (Å²) in [7, 11) is 14.7. The van der Waals surface area contributed by atoms with Crippen LogP contribution in [0.4, 0.5) is 14.9 Å². The number of halogens is 1. The van der Waals surface area contributed by atoms with Gasteiger partial charge >= 0.3 is 12.1 Å². The van der Waals surface area contributed by atoms with Crippen LogP contribution in [-0.4, -0.2) is 337 Å². The van der Waals surface area contributed by atoms with Crippen LogP contribution in [0.3, 0.4) is 0 Å². The standard InChI is InChI=1S/C84H111FN18O21/c1-18-54-56-31-62-79-57(34-103(62)82(120)58(56)46-123-83(54)121)77-60(26-25-55-48(4)59(85)32-61(88-79)76(55)77)89-84(122)124-45-51-23-24-53(87-80(118)49(5)86-81(119)78(47(2)3)90-63(105)22-20-19-21-29-102-64(106)27-28-65(102)107)30-52(51)33-92(8)67(109)36-94(10)69(111)38-96(12)71(113)40-98(14)73(115)42-100(16)75(117)44-101(17)74(116)43-99(15)72(114)41-97(13)70(112)39-95(11)68(110)37-93(9)66(108)35-91(7)50(6)104/h23-24,27-28,30-32,47,49,54,60,78H,18-22,25-26,29,33-46H2,1-17H3,(H,86,119)(H,87,118)(H,89,122)(H,90,105)/t49-,54+,60-,78?/m0/s1. The number of carbonyl (C=O) groups is 18. The first-order valence-electron chi connectivity index (χ1n) is 40.5. The van der Waals surface area contributed by atoms with E-state index in [1.165, 1.54) is 132 Å². The second-order valence-electron chi connectivity index (χ2n) is 32.3. The highest BCUT2D eigenvalue weighted by atomic mass is 19.1. The van der Waals surface area contributed by atoms with Gasteiger partial charge in [0.2, 0.25) is 82.7 Å². The number of amides is 17. The molecular formula is C84H111FN18O21. The average molecular weight is 1730 g/mol. The average Bonchev–Trinajstić information content (AvgIpc) is 1.54. The number of hydrogen-bond acceptors (Lipinski definition) is 22. The quantitative estimate of drug-likeness (QED) is 0.0229. The summed E-state index contributed by atoms with van der Waals surface area (Å²) in [6.45, 7) is 4.16. The predicted octanol–water partition coefficient (Wildman–Crippen LogP) is -0.0315. The van der Waals surface area contributed by atoms with Crippen molar-refractivity contribution in [1.29, 1.82) is 0 Å². The summed E-state index contributed by atoms with van der Waals surface area (Å²) < 4.78 is 28.7. The number of fused-ring (bicyclic) bond motifs is 5. The van der Waals surface area contributed by atoms with Gasteiger partial charge in [0.25, 0.3) is 17.4 Å². The van der Waals surface area contributed by atoms with Gasteiger partial charge in [-0.3, -0.25) is 91.2 Å². The largest absolute Gasteiger partial charge is 0.460 e. The number of carbonyl (C=O) groups excluding carboxylic acids is 18. The molecule has 39 nitrogen and oxygen atoms in total. The van der Waals surface area contributed by atoms with Gasteiger partial charge in [0.05, 0.1) is 106 Å². The fourth-order valence-corrected chi connectivity index (χ4v) is 14.3. The van der Waals surface area contributed by atoms with Crippen molar-refractivity contribution in [2.24, 2.45) is 5.92 Å². The number of rotatable bonds is 38. The van der Waals surface area contributed by atoms with Crippen LogP contribution in [0, 0.1) is 18.7 Å². The van der Waals surface area contributed by atoms with Crippen LogP contribution in [0.25, 0.3) is 22.3 Å². The van der Waals surface area contributed by atoms with Gasteiger partial charge in [0.15, 0.2) is 0 Å². The highest BCUT2D eigenvalue weighted by Crippen LogP contribution is 2.46. The van der Waals surface area contributed by atoms with Gasteiger partial charge in [-0.1, -0.05) is 33.3 Å². The Morgan fingerprint density at radius 3 is 1.52 bits per heavy atom. The number of unbranched alkanes of at least 4 members (excludes halogenated alkanes) is 2. The fraction of sp³-hybridized carbons (Fsp3) is 0.524. The summed E-state index contributed by atoms with van der Waals surface area (Å²) in [5, 5.41) is 11.8. The minimum atomic E-state index is -1.19. The lowest BCUT2D eigenvalue weighted by atomic mass is 9.81. The fourth-order valence-electron chi connectivity index (χ4n) is 14.3. The number of hydrogen-bond donors (Lipinski definition) is 4. The molecule has 3 aliphatic heterocycles. The number of imide groups is 1. The van der Waals surface area contributed by atoms with Crippen molar-refractivity contribution in [2.75, 3.05) is 155 Å². The first kappa shape index (κ1) is 96.4. The summed E-state index contributed by atoms with van der Waals surface area (Å²) in [5.41, 5.74) is 4.75. The molecule has 2 aromatic heterocycles. The van der Waals surface area contributed by atoms with E-state index in [1.807, 2.05) is 6.92 Å². The molecule has 4 atom stereocenters. The molecule has 1 aliphatic carbocycles. The van der Waals surface area contributed by atoms with E-state index in [0.29, 0.717) is 98.9 Å². The number of aryl methyl sites for hydroxylation is 1. The molecule has 5 heterocycles. The number of esters is 1. The Bertz CT molecular complexity index is 5010. The van der Waals surface area contributed by atoms with Crippen LogP contribution >= 0.6 is 0 Å². The summed E-state index contributed by atoms with van der Waals surface area (Å²) in [6, 6.07) is 4.65. The van der Waals surface area contributed by atoms with Gasteiger partial charge in [-0.05, 0) is 103 Å². The lowest BCUT2D eigenvalue weighted by molar-refractivity contribution is -0.148. The van der Waals surface area contributed by atoms with E-state index in [-0.39, 0.29) is 69.3 Å². The van der Waals surface area contributed by atoms with E-state index in [2.05, 4.69) is 21.3 Å². The highest BCUT2D eigenvalue weighted by Gasteiger charge is 2.40. The van der Waals surface area contributed by atoms with Crippen molar-refractivity contribution < 1.29 is 100 Å². The number of cyclic esters (lactones) is 1. The maximum absolute atomic E-state index is 15.8. The molecule has 2 aromatic carbocycles. The summed E-state index contributed by atoms with van der Waals surface area (Å²) >= 11 is 0. The second-order valence-corrected chi connectivity index (χ2v) is 32.3. The van der Waals surface area contributed by atoms with Crippen molar-refractivity contribution in [2.45, 2.75) is 137 Å². The van der Waals surface area contributed by atoms with Crippen LogP contribution in [0.1, 0.15) is 130 Å². The van der Waals surface area contributed by atoms with E-state index in [9.17, 15) is 91.1 Å². The minimum Gasteiger partial charge on any atom is -0.460 e. The zero-order valence-electron chi connectivity index (χ0n) is 73.2. The highest BCUT2D eigenvalue weighted by molar-refractivity contribution is 6.13. The molecule has 0 spiro atoms. The molecule has 4 aliphatic rings. The summed E-state index contributed by atoms with van der Waals surface area (Å²) in [4.78, 5) is 269. The number of nitrogens with zero attached hydrogens (tertiary/aromatic N) is 14. The number of likely N-dealkylation sites (N-methyl/N-ethyl adjacent to an activating group) is 11. The van der Waals surface area contributed by atoms with Crippen molar-refractivity contribution in [3.8, 4) is 11.4 Å². The van der Waals surface area contributed by atoms with E-state index in [0.717, 1.165) is 49.0 Å². The summed E-state index contributed by atoms with van der Waals surface area (Å²) in [5.74, 6) is -11.5. The van der Waals surface area contributed by atoms with Gasteiger partial charge in [-0.25, -0.2) is 14.2 Å². The molecule has 40 heteroatoms. The second kappa shape index (κ2) is 42.1. The molecule has 17 amide bonds. The topological polar surface area (TPSA) is 448 Å². The van der Waals surface area contributed by atoms with E-state index < -0.39 is 195 Å². The van der Waals surface area contributed by atoms with Crippen molar-refractivity contribution in [3.05, 3.63) is 103 Å². The molecule has 0 saturated carbocycles. The molecule has 1 unspecified atom stereocenters. The monoisotopic (exact) mass is 1730 g/mol. The van der Waals surface area contributed by atoms with Gasteiger partial charge in [-0.15, -0.1) is 0 Å². The molecular weight excluding hydrogens is 1620 g/mol. The minimum absolute atomic E-state index is 0.0428. The van der Waals surface area contributed by atoms with Crippen molar-refractivity contribution >= 4 is 123 Å². The van der Waals surface area contributed by atoms with E-state index >= 15 is 4.39 Å². The molecule has 124 heavy (non-hydrogen) atoms. The Labute approximate surface area is 716 Å². The van der Waals surface area contributed by atoms with Gasteiger partial charge in [0.1, 0.15) is 31.1 Å². The molecule has 0 fully saturated rings. The van der Waals surface area contributed by atoms with Gasteiger partial charge < -0.3 is 89.2 Å². The predicted molar refractivity (Wildman–Crippen MR) is 445 cm³/mol. The lowest BCUT2D eigenvalue weighted by Gasteiger charge is -2.29. The SMILES string of the molecule is CC[C@H]1C(=O)OCc2c1cc1n(c2=O)Cc2c-1nc1cc(F)c(C)c3c1c2[C@@H](NC(=O)OCc1ccc(NC(=O)[C@H](C)NC(=O)C(NC(=O)CCCCCN2C(=O)C=CC2=O)C(C)C)cc1CN(C)C(=O)CN(C)C(=O)CN(C)C(=O)CN(C)C(=O)CN(C)C(=O)CN(C)C(=O)CN(C)C(=O)CN(C)C(=O)CN(C)C(=O)CN(C)C(=O)CN(C)C(C)=O)CC3. The molecule has 4 aromatic rings. The number of alkyl carbamates (subject to hydrolysis) is 1. The molecule has 4 N–H and O–H groups in total. The number of ether oxygens (including phenoxy) is 2. The third-order valence-electron chi connectivity index (χ3n) is 22.5. The van der Waals surface area contributed by atoms with Crippen LogP contribution in [-0.2, 0) is 124 Å². The first-order valence-corrected chi connectivity index (χ1v) is 40.5. The number of pyridine rings is 2. The number of nitrogens with one attached hydrogen (secondary N) is 4. The molecule has 0 bridgehead atoms. The Morgan fingerprint density at radius 1 is 0.573 bits per heavy atom. The summed E-state index contributed by atoms with van der Waals surface area (Å²) in [6.07, 6.45) is 3.90. The van der Waals surface area contributed by atoms with E-state index in [1.54, 1.807) is 37.5 Å². The van der Waals surface area contributed by atoms with Crippen molar-refractivity contribution in [1.82, 2.24) is 84.3 Å². The molecule has 0 saturated heterocycles. The Kier molecular flexibility index (Phi) is 32.8. The van der Waals surface area contributed by atoms with Crippen molar-refractivity contribution in [3.63, 3.8) is 0 Å². The number of anilines is 1. The Balaban J connectivity index is 0.868. The smallest absolute Gasteiger partial charge is 0.407 e. The Morgan fingerprint density at radius 2 is 1.05 bits per heavy atom. The van der Waals surface area contributed by atoms with Crippen LogP contribution in [0.15, 0.2) is 47.3 Å². The zero-order chi connectivity index (χ0) is 91.9. The third-order valence-corrected chi connectivity index (χ3v) is 22.5. The van der Waals surface area contributed by atoms with E-state index in [4.69, 9.17) is 14.5 Å². The first-order chi connectivity index (χ1) is 58.3. The zero-order valence-corrected chi connectivity index (χ0v) is 73.2. The normalized spacial score (nSPS) is 14.4. The maximum Gasteiger partial charge on any atom is 0.407 e. The maximum atomic E-state index is 15.8. The number of benzene rings is 2.